The number of hydrazone groups is 1. The zero-order valence-electron chi connectivity index (χ0n) is 12.0. The molecule has 0 aromatic heterocycles. The van der Waals surface area contributed by atoms with E-state index in [0.29, 0.717) is 11.1 Å². The fourth-order valence-electron chi connectivity index (χ4n) is 2.24. The summed E-state index contributed by atoms with van der Waals surface area (Å²) in [4.78, 5) is 12.0. The Kier molecular flexibility index (Phi) is 4.57. The van der Waals surface area contributed by atoms with Gasteiger partial charge in [0.15, 0.2) is 0 Å². The molecule has 0 aliphatic carbocycles. The van der Waals surface area contributed by atoms with Gasteiger partial charge >= 0.3 is 0 Å². The molecule has 3 aromatic rings. The minimum absolute atomic E-state index is 0.121. The number of aromatic hydroxyl groups is 1. The summed E-state index contributed by atoms with van der Waals surface area (Å²) in [6.07, 6.45) is 1.46. The zero-order valence-corrected chi connectivity index (χ0v) is 14.2. The lowest BCUT2D eigenvalue weighted by Gasteiger charge is -2.05. The SMILES string of the molecule is O=C(N/N=C/c1c(O)ccc2ccccc12)c1ccc(I)cc1. The van der Waals surface area contributed by atoms with Crippen molar-refractivity contribution in [2.75, 3.05) is 0 Å². The van der Waals surface area contributed by atoms with Gasteiger partial charge in [0.05, 0.1) is 6.21 Å². The molecule has 3 rings (SSSR count). The molecule has 0 bridgehead atoms. The molecule has 0 aliphatic heterocycles. The fourth-order valence-corrected chi connectivity index (χ4v) is 2.60. The number of carbonyl (C=O) groups is 1. The van der Waals surface area contributed by atoms with Crippen LogP contribution in [0.1, 0.15) is 15.9 Å². The van der Waals surface area contributed by atoms with Gasteiger partial charge in [0.1, 0.15) is 5.75 Å². The van der Waals surface area contributed by atoms with E-state index >= 15 is 0 Å². The van der Waals surface area contributed by atoms with Gasteiger partial charge in [0.25, 0.3) is 5.91 Å². The normalized spacial score (nSPS) is 11.0. The fraction of sp³-hybridized carbons (Fsp3) is 0. The third kappa shape index (κ3) is 3.50. The molecule has 0 unspecified atom stereocenters. The Labute approximate surface area is 147 Å². The second kappa shape index (κ2) is 6.78. The molecule has 0 spiro atoms. The maximum atomic E-state index is 12.0. The summed E-state index contributed by atoms with van der Waals surface area (Å²) >= 11 is 2.18. The van der Waals surface area contributed by atoms with Crippen LogP contribution in [0, 0.1) is 3.57 Å². The van der Waals surface area contributed by atoms with Gasteiger partial charge in [-0.2, -0.15) is 5.10 Å². The van der Waals surface area contributed by atoms with Crippen LogP contribution in [0.15, 0.2) is 65.8 Å². The molecule has 0 fully saturated rings. The molecule has 0 heterocycles. The molecule has 23 heavy (non-hydrogen) atoms. The smallest absolute Gasteiger partial charge is 0.271 e. The second-order valence-corrected chi connectivity index (χ2v) is 6.17. The Hall–Kier alpha value is -2.41. The van der Waals surface area contributed by atoms with Gasteiger partial charge in [-0.05, 0) is 63.7 Å². The van der Waals surface area contributed by atoms with Crippen LogP contribution in [-0.2, 0) is 0 Å². The number of nitrogens with one attached hydrogen (secondary N) is 1. The quantitative estimate of drug-likeness (QED) is 0.387. The van der Waals surface area contributed by atoms with Gasteiger partial charge in [-0.15, -0.1) is 0 Å². The number of hydrogen-bond acceptors (Lipinski definition) is 3. The van der Waals surface area contributed by atoms with Gasteiger partial charge < -0.3 is 5.11 Å². The van der Waals surface area contributed by atoms with Crippen LogP contribution in [0.3, 0.4) is 0 Å². The third-order valence-electron chi connectivity index (χ3n) is 3.41. The van der Waals surface area contributed by atoms with E-state index in [9.17, 15) is 9.90 Å². The highest BCUT2D eigenvalue weighted by atomic mass is 127. The summed E-state index contributed by atoms with van der Waals surface area (Å²) < 4.78 is 1.06. The van der Waals surface area contributed by atoms with E-state index < -0.39 is 0 Å². The van der Waals surface area contributed by atoms with Crippen molar-refractivity contribution in [2.45, 2.75) is 0 Å². The van der Waals surface area contributed by atoms with E-state index in [4.69, 9.17) is 0 Å². The minimum Gasteiger partial charge on any atom is -0.507 e. The molecule has 0 saturated heterocycles. The van der Waals surface area contributed by atoms with E-state index in [0.717, 1.165) is 14.3 Å². The van der Waals surface area contributed by atoms with Gasteiger partial charge in [-0.3, -0.25) is 4.79 Å². The average Bonchev–Trinajstić information content (AvgIpc) is 2.57. The molecular formula is C18H13IN2O2. The van der Waals surface area contributed by atoms with Crippen LogP contribution in [0.5, 0.6) is 5.75 Å². The highest BCUT2D eigenvalue weighted by molar-refractivity contribution is 14.1. The first-order chi connectivity index (χ1) is 11.1. The Balaban J connectivity index is 1.82. The van der Waals surface area contributed by atoms with E-state index in [1.165, 1.54) is 6.21 Å². The summed E-state index contributed by atoms with van der Waals surface area (Å²) in [6.45, 7) is 0. The molecular weight excluding hydrogens is 403 g/mol. The lowest BCUT2D eigenvalue weighted by molar-refractivity contribution is 0.0955. The maximum Gasteiger partial charge on any atom is 0.271 e. The molecule has 3 aromatic carbocycles. The largest absolute Gasteiger partial charge is 0.507 e. The van der Waals surface area contributed by atoms with E-state index in [-0.39, 0.29) is 11.7 Å². The van der Waals surface area contributed by atoms with Gasteiger partial charge in [0.2, 0.25) is 0 Å². The number of benzene rings is 3. The monoisotopic (exact) mass is 416 g/mol. The highest BCUT2D eigenvalue weighted by Crippen LogP contribution is 2.25. The van der Waals surface area contributed by atoms with Crippen molar-refractivity contribution in [3.05, 3.63) is 75.4 Å². The number of phenols is 1. The predicted octanol–water partition coefficient (Wildman–Crippen LogP) is 3.91. The third-order valence-corrected chi connectivity index (χ3v) is 4.13. The number of hydrogen-bond donors (Lipinski definition) is 2. The number of carbonyl (C=O) groups excluding carboxylic acids is 1. The molecule has 1 amide bonds. The van der Waals surface area contributed by atoms with Crippen LogP contribution in [0.25, 0.3) is 10.8 Å². The molecule has 0 aliphatic rings. The van der Waals surface area contributed by atoms with Gasteiger partial charge in [-0.25, -0.2) is 5.43 Å². The lowest BCUT2D eigenvalue weighted by atomic mass is 10.0. The number of amides is 1. The molecule has 5 heteroatoms. The van der Waals surface area contributed by atoms with E-state index in [1.807, 2.05) is 42.5 Å². The van der Waals surface area contributed by atoms with Crippen LogP contribution in [-0.4, -0.2) is 17.2 Å². The van der Waals surface area contributed by atoms with Crippen molar-refractivity contribution >= 4 is 45.5 Å². The van der Waals surface area contributed by atoms with Crippen molar-refractivity contribution in [3.63, 3.8) is 0 Å². The Morgan fingerprint density at radius 1 is 1.04 bits per heavy atom. The predicted molar refractivity (Wildman–Crippen MR) is 99.8 cm³/mol. The Morgan fingerprint density at radius 2 is 1.78 bits per heavy atom. The van der Waals surface area contributed by atoms with Crippen LogP contribution >= 0.6 is 22.6 Å². The number of fused-ring (bicyclic) bond motifs is 1. The summed E-state index contributed by atoms with van der Waals surface area (Å²) in [6, 6.07) is 18.3. The number of phenolic OH excluding ortho intramolecular Hbond substituents is 1. The van der Waals surface area contributed by atoms with Crippen molar-refractivity contribution < 1.29 is 9.90 Å². The number of halogens is 1. The Bertz CT molecular complexity index is 889. The van der Waals surface area contributed by atoms with Crippen molar-refractivity contribution in [1.82, 2.24) is 5.43 Å². The van der Waals surface area contributed by atoms with Gasteiger partial charge in [-0.1, -0.05) is 30.3 Å². The van der Waals surface area contributed by atoms with E-state index in [1.54, 1.807) is 18.2 Å². The van der Waals surface area contributed by atoms with Crippen LogP contribution in [0.4, 0.5) is 0 Å². The summed E-state index contributed by atoms with van der Waals surface area (Å²) in [5.41, 5.74) is 3.58. The van der Waals surface area contributed by atoms with Gasteiger partial charge in [0, 0.05) is 14.7 Å². The van der Waals surface area contributed by atoms with Crippen LogP contribution < -0.4 is 5.43 Å². The average molecular weight is 416 g/mol. The van der Waals surface area contributed by atoms with Crippen molar-refractivity contribution in [2.24, 2.45) is 5.10 Å². The Morgan fingerprint density at radius 3 is 2.57 bits per heavy atom. The summed E-state index contributed by atoms with van der Waals surface area (Å²) in [5.74, 6) is -0.173. The maximum absolute atomic E-state index is 12.0. The standard InChI is InChI=1S/C18H13IN2O2/c19-14-8-5-13(6-9-14)18(23)21-20-11-16-15-4-2-1-3-12(15)7-10-17(16)22/h1-11,22H,(H,21,23)/b20-11+. The molecule has 0 saturated carbocycles. The minimum atomic E-state index is -0.294. The summed E-state index contributed by atoms with van der Waals surface area (Å²) in [7, 11) is 0. The topological polar surface area (TPSA) is 61.7 Å². The van der Waals surface area contributed by atoms with Crippen molar-refractivity contribution in [1.29, 1.82) is 0 Å². The number of nitrogens with zero attached hydrogens (tertiary/aromatic N) is 1. The number of rotatable bonds is 3. The molecule has 2 N–H and O–H groups in total. The first kappa shape index (κ1) is 15.5. The second-order valence-electron chi connectivity index (χ2n) is 4.93. The van der Waals surface area contributed by atoms with E-state index in [2.05, 4.69) is 33.1 Å². The first-order valence-electron chi connectivity index (χ1n) is 6.95. The van der Waals surface area contributed by atoms with Crippen molar-refractivity contribution in [3.8, 4) is 5.75 Å². The first-order valence-corrected chi connectivity index (χ1v) is 8.03. The lowest BCUT2D eigenvalue weighted by Crippen LogP contribution is -2.17. The molecule has 4 nitrogen and oxygen atoms in total. The molecule has 114 valence electrons. The highest BCUT2D eigenvalue weighted by Gasteiger charge is 2.06. The molecule has 0 radical (unpaired) electrons. The summed E-state index contributed by atoms with van der Waals surface area (Å²) in [5, 5.41) is 15.9. The van der Waals surface area contributed by atoms with Crippen LogP contribution in [0.2, 0.25) is 0 Å². The molecule has 0 atom stereocenters. The zero-order chi connectivity index (χ0) is 16.2.